The van der Waals surface area contributed by atoms with Crippen molar-refractivity contribution < 1.29 is 9.53 Å². The summed E-state index contributed by atoms with van der Waals surface area (Å²) in [5.74, 6) is 0.576. The van der Waals surface area contributed by atoms with E-state index in [1.807, 2.05) is 12.1 Å². The third-order valence-electron chi connectivity index (χ3n) is 9.64. The summed E-state index contributed by atoms with van der Waals surface area (Å²) in [4.78, 5) is 17.7. The lowest BCUT2D eigenvalue weighted by Crippen LogP contribution is -2.50. The number of para-hydroxylation sites is 1. The number of likely N-dealkylation sites (tertiary alicyclic amines) is 1. The number of likely N-dealkylation sites (N-methyl/N-ethyl adjacent to an activating group) is 1. The Hall–Kier alpha value is -3.06. The van der Waals surface area contributed by atoms with Gasteiger partial charge in [-0.3, -0.25) is 9.69 Å². The van der Waals surface area contributed by atoms with Gasteiger partial charge in [-0.2, -0.15) is 0 Å². The fourth-order valence-corrected chi connectivity index (χ4v) is 7.29. The summed E-state index contributed by atoms with van der Waals surface area (Å²) in [5.41, 5.74) is 4.59. The first-order valence-corrected chi connectivity index (χ1v) is 15.9. The van der Waals surface area contributed by atoms with Crippen molar-refractivity contribution in [2.75, 3.05) is 33.7 Å². The molecule has 42 heavy (non-hydrogen) atoms. The minimum absolute atomic E-state index is 0.0552. The highest BCUT2D eigenvalue weighted by Crippen LogP contribution is 2.34. The highest BCUT2D eigenvalue weighted by atomic mass is 35.5. The number of ether oxygens (including phenoxy) is 1. The SMILES string of the molecule is CCn1c2ccccc2c2cc(CN3CCC(Oc4ccc(C(=O)NCC5(N(C)C)CCCC5)cc4Cl)CC3)ccc21. The Morgan fingerprint density at radius 3 is 2.45 bits per heavy atom. The minimum Gasteiger partial charge on any atom is -0.489 e. The van der Waals surface area contributed by atoms with Gasteiger partial charge in [0.05, 0.1) is 5.02 Å². The Morgan fingerprint density at radius 2 is 1.74 bits per heavy atom. The van der Waals surface area contributed by atoms with Crippen LogP contribution in [0.1, 0.15) is 61.4 Å². The van der Waals surface area contributed by atoms with Gasteiger partial charge >= 0.3 is 0 Å². The van der Waals surface area contributed by atoms with Crippen LogP contribution < -0.4 is 10.1 Å². The molecule has 6 rings (SSSR count). The van der Waals surface area contributed by atoms with Crippen molar-refractivity contribution in [1.82, 2.24) is 19.7 Å². The number of benzene rings is 3. The number of amides is 1. The highest BCUT2D eigenvalue weighted by molar-refractivity contribution is 6.32. The van der Waals surface area contributed by atoms with Gasteiger partial charge in [-0.1, -0.05) is 48.7 Å². The van der Waals surface area contributed by atoms with Crippen molar-refractivity contribution >= 4 is 39.3 Å². The molecular weight excluding hydrogens is 544 g/mol. The molecule has 1 aliphatic carbocycles. The Labute approximate surface area is 254 Å². The molecule has 2 aliphatic rings. The van der Waals surface area contributed by atoms with Gasteiger partial charge in [0.1, 0.15) is 11.9 Å². The molecular formula is C35H43ClN4O2. The highest BCUT2D eigenvalue weighted by Gasteiger charge is 2.36. The van der Waals surface area contributed by atoms with E-state index in [-0.39, 0.29) is 17.6 Å². The quantitative estimate of drug-likeness (QED) is 0.227. The predicted octanol–water partition coefficient (Wildman–Crippen LogP) is 7.12. The van der Waals surface area contributed by atoms with Crippen LogP contribution in [0.3, 0.4) is 0 Å². The van der Waals surface area contributed by atoms with Crippen LogP contribution in [0.25, 0.3) is 21.8 Å². The second-order valence-electron chi connectivity index (χ2n) is 12.4. The zero-order valence-corrected chi connectivity index (χ0v) is 25.9. The third-order valence-corrected chi connectivity index (χ3v) is 9.94. The molecule has 1 N–H and O–H groups in total. The van der Waals surface area contributed by atoms with Crippen molar-refractivity contribution in [3.05, 3.63) is 76.8 Å². The van der Waals surface area contributed by atoms with E-state index in [9.17, 15) is 4.79 Å². The van der Waals surface area contributed by atoms with Crippen molar-refractivity contribution in [3.63, 3.8) is 0 Å². The van der Waals surface area contributed by atoms with Crippen LogP contribution in [0.5, 0.6) is 5.75 Å². The molecule has 0 spiro atoms. The maximum absolute atomic E-state index is 12.9. The van der Waals surface area contributed by atoms with Crippen LogP contribution in [0.4, 0.5) is 0 Å². The van der Waals surface area contributed by atoms with Crippen LogP contribution in [0, 0.1) is 0 Å². The Bertz CT molecular complexity index is 1560. The van der Waals surface area contributed by atoms with Crippen molar-refractivity contribution in [3.8, 4) is 5.75 Å². The average Bonchev–Trinajstić information content (AvgIpc) is 3.61. The molecule has 2 heterocycles. The summed E-state index contributed by atoms with van der Waals surface area (Å²) in [6.45, 7) is 6.73. The number of nitrogens with zero attached hydrogens (tertiary/aromatic N) is 3. The molecule has 7 heteroatoms. The number of fused-ring (bicyclic) bond motifs is 3. The molecule has 0 unspecified atom stereocenters. The summed E-state index contributed by atoms with van der Waals surface area (Å²) < 4.78 is 8.73. The molecule has 0 radical (unpaired) electrons. The van der Waals surface area contributed by atoms with Gasteiger partial charge in [0.15, 0.2) is 0 Å². The smallest absolute Gasteiger partial charge is 0.251 e. The van der Waals surface area contributed by atoms with Crippen molar-refractivity contribution in [2.45, 2.75) is 70.2 Å². The number of carbonyl (C=O) groups is 1. The minimum atomic E-state index is -0.0812. The lowest BCUT2D eigenvalue weighted by Gasteiger charge is -2.36. The fraction of sp³-hybridized carbons (Fsp3) is 0.457. The fourth-order valence-electron chi connectivity index (χ4n) is 7.06. The largest absolute Gasteiger partial charge is 0.489 e. The third kappa shape index (κ3) is 5.77. The summed E-state index contributed by atoms with van der Waals surface area (Å²) in [5, 5.41) is 6.31. The molecule has 222 valence electrons. The normalized spacial score (nSPS) is 17.8. The van der Waals surface area contributed by atoms with Gasteiger partial charge in [0.2, 0.25) is 0 Å². The van der Waals surface area contributed by atoms with E-state index in [1.165, 1.54) is 40.2 Å². The molecule has 4 aromatic rings. The molecule has 1 aromatic heterocycles. The lowest BCUT2D eigenvalue weighted by molar-refractivity contribution is 0.0899. The number of hydrogen-bond donors (Lipinski definition) is 1. The number of rotatable bonds is 9. The first kappa shape index (κ1) is 29.0. The first-order chi connectivity index (χ1) is 20.4. The van der Waals surface area contributed by atoms with E-state index >= 15 is 0 Å². The monoisotopic (exact) mass is 586 g/mol. The molecule has 1 amide bonds. The lowest BCUT2D eigenvalue weighted by atomic mass is 9.96. The predicted molar refractivity (Wildman–Crippen MR) is 173 cm³/mol. The van der Waals surface area contributed by atoms with E-state index in [1.54, 1.807) is 6.07 Å². The molecule has 0 bridgehead atoms. The standard InChI is InChI=1S/C35H43ClN4O2/c1-4-40-31-10-6-5-9-28(31)29-21-25(11-13-32(29)40)23-39-19-15-27(16-20-39)42-33-14-12-26(22-30(33)36)34(41)37-24-35(38(2)3)17-7-8-18-35/h5-6,9-14,21-22,27H,4,7-8,15-20,23-24H2,1-3H3,(H,37,41). The number of halogens is 1. The summed E-state index contributed by atoms with van der Waals surface area (Å²) in [6, 6.07) is 21.1. The van der Waals surface area contributed by atoms with Crippen molar-refractivity contribution in [2.24, 2.45) is 0 Å². The summed E-state index contributed by atoms with van der Waals surface area (Å²) in [6.07, 6.45) is 6.67. The topological polar surface area (TPSA) is 49.7 Å². The maximum atomic E-state index is 12.9. The van der Waals surface area contributed by atoms with Gasteiger partial charge < -0.3 is 19.5 Å². The van der Waals surface area contributed by atoms with E-state index in [0.29, 0.717) is 22.9 Å². The van der Waals surface area contributed by atoms with Crippen LogP contribution in [0.2, 0.25) is 5.02 Å². The molecule has 1 saturated heterocycles. The maximum Gasteiger partial charge on any atom is 0.251 e. The van der Waals surface area contributed by atoms with Gasteiger partial charge in [0.25, 0.3) is 5.91 Å². The number of carbonyl (C=O) groups excluding carboxylic acids is 1. The zero-order chi connectivity index (χ0) is 29.3. The average molecular weight is 587 g/mol. The van der Waals surface area contributed by atoms with Gasteiger partial charge in [-0.15, -0.1) is 0 Å². The molecule has 0 atom stereocenters. The van der Waals surface area contributed by atoms with E-state index in [0.717, 1.165) is 51.9 Å². The first-order valence-electron chi connectivity index (χ1n) is 15.5. The van der Waals surface area contributed by atoms with Gasteiger partial charge in [-0.25, -0.2) is 0 Å². The zero-order valence-electron chi connectivity index (χ0n) is 25.2. The summed E-state index contributed by atoms with van der Waals surface area (Å²) >= 11 is 6.61. The Kier molecular flexibility index (Phi) is 8.49. The van der Waals surface area contributed by atoms with Crippen LogP contribution in [-0.4, -0.2) is 65.6 Å². The van der Waals surface area contributed by atoms with E-state index in [4.69, 9.17) is 16.3 Å². The summed E-state index contributed by atoms with van der Waals surface area (Å²) in [7, 11) is 4.22. The second kappa shape index (κ2) is 12.3. The van der Waals surface area contributed by atoms with Crippen LogP contribution >= 0.6 is 11.6 Å². The van der Waals surface area contributed by atoms with Gasteiger partial charge in [-0.05, 0) is 88.7 Å². The van der Waals surface area contributed by atoms with E-state index < -0.39 is 0 Å². The second-order valence-corrected chi connectivity index (χ2v) is 12.8. The molecule has 2 fully saturated rings. The molecule has 1 aliphatic heterocycles. The number of aryl methyl sites for hydroxylation is 1. The Balaban J connectivity index is 1.03. The van der Waals surface area contributed by atoms with Gasteiger partial charge in [0, 0.05) is 65.6 Å². The van der Waals surface area contributed by atoms with Crippen molar-refractivity contribution in [1.29, 1.82) is 0 Å². The molecule has 1 saturated carbocycles. The number of hydrogen-bond acceptors (Lipinski definition) is 4. The van der Waals surface area contributed by atoms with Crippen LogP contribution in [0.15, 0.2) is 60.7 Å². The number of piperidine rings is 1. The number of nitrogens with one attached hydrogen (secondary N) is 1. The van der Waals surface area contributed by atoms with E-state index in [2.05, 4.69) is 83.2 Å². The molecule has 3 aromatic carbocycles. The number of aromatic nitrogens is 1. The van der Waals surface area contributed by atoms with Crippen LogP contribution in [-0.2, 0) is 13.1 Å². The molecule has 6 nitrogen and oxygen atoms in total. The Morgan fingerprint density at radius 1 is 1.00 bits per heavy atom.